The number of fused-ring (bicyclic) bond motifs is 11. The molecule has 0 atom stereocenters. The first-order chi connectivity index (χ1) is 37.0. The summed E-state index contributed by atoms with van der Waals surface area (Å²) in [5.41, 5.74) is 21.5. The highest BCUT2D eigenvalue weighted by Crippen LogP contribution is 2.59. The second-order valence-electron chi connectivity index (χ2n) is 21.3. The average molecular weight is 953 g/mol. The van der Waals surface area contributed by atoms with Crippen LogP contribution in [0, 0.1) is 6.92 Å². The molecule has 15 aromatic rings. The van der Waals surface area contributed by atoms with E-state index >= 15 is 0 Å². The van der Waals surface area contributed by atoms with Crippen LogP contribution in [-0.2, 0) is 19.3 Å². The Morgan fingerprint density at radius 2 is 0.667 bits per heavy atom. The van der Waals surface area contributed by atoms with Gasteiger partial charge in [0.05, 0.1) is 0 Å². The molecule has 0 fully saturated rings. The van der Waals surface area contributed by atoms with Crippen LogP contribution in [0.4, 0.5) is 0 Å². The van der Waals surface area contributed by atoms with Crippen molar-refractivity contribution in [3.63, 3.8) is 0 Å². The zero-order chi connectivity index (χ0) is 49.8. The Morgan fingerprint density at radius 3 is 1.20 bits per heavy atom. The van der Waals surface area contributed by atoms with Crippen LogP contribution in [0.2, 0.25) is 0 Å². The lowest BCUT2D eigenvalue weighted by Gasteiger charge is -2.18. The number of benzene rings is 13. The molecule has 15 aromatic carbocycles. The fraction of sp³-hybridized carbons (Fsp3) is 0.0933. The fourth-order valence-corrected chi connectivity index (χ4v) is 14.7. The monoisotopic (exact) mass is 952 g/mol. The van der Waals surface area contributed by atoms with Crippen molar-refractivity contribution in [1.29, 1.82) is 0 Å². The summed E-state index contributed by atoms with van der Waals surface area (Å²) in [4.78, 5) is 0. The highest BCUT2D eigenvalue weighted by molar-refractivity contribution is 6.47. The normalized spacial score (nSPS) is 12.4. The smallest absolute Gasteiger partial charge is 0.000718 e. The summed E-state index contributed by atoms with van der Waals surface area (Å²) in [5, 5.41) is 24.0. The Balaban J connectivity index is 1.03. The van der Waals surface area contributed by atoms with Crippen LogP contribution in [0.5, 0.6) is 0 Å². The van der Waals surface area contributed by atoms with Crippen LogP contribution in [0.15, 0.2) is 206 Å². The largest absolute Gasteiger partial charge is 0.0622 e. The van der Waals surface area contributed by atoms with Gasteiger partial charge in [0.1, 0.15) is 0 Å². The van der Waals surface area contributed by atoms with Gasteiger partial charge >= 0.3 is 0 Å². The highest BCUT2D eigenvalue weighted by Gasteiger charge is 2.32. The van der Waals surface area contributed by atoms with E-state index in [2.05, 4.69) is 234 Å². The van der Waals surface area contributed by atoms with Gasteiger partial charge < -0.3 is 0 Å². The maximum absolute atomic E-state index is 2.48. The van der Waals surface area contributed by atoms with Crippen molar-refractivity contribution in [3.8, 4) is 66.8 Å². The maximum Gasteiger partial charge on any atom is -0.000718 e. The standard InChI is InChI=1S/C75H52/c1-5-43-40-46-39-42(4)31-32-49(46)64(41-43)54-35-38-63-69-57(54)27-18-30-60(69)73-65(44-19-10-8-11-20-44)72-59-29-17-26-56-53(34-37-62(68(56)59)74(72)66(75(63)73)45-21-12-9-13-22-45)52-33-36-61-67-55(52)25-16-28-58(67)70-47(6-2)50-23-14-15-24-51(50)48(7-3)71(61)70/h8-41H,5-7H2,1-4H3. The van der Waals surface area contributed by atoms with Crippen LogP contribution in [0.25, 0.3) is 164 Å². The van der Waals surface area contributed by atoms with E-state index < -0.39 is 0 Å². The Labute approximate surface area is 436 Å². The average Bonchev–Trinajstić information content (AvgIpc) is 4.18. The minimum atomic E-state index is 0.988. The predicted molar refractivity (Wildman–Crippen MR) is 325 cm³/mol. The van der Waals surface area contributed by atoms with Gasteiger partial charge in [0.15, 0.2) is 0 Å². The van der Waals surface area contributed by atoms with Crippen molar-refractivity contribution in [2.45, 2.75) is 47.0 Å². The van der Waals surface area contributed by atoms with Crippen LogP contribution < -0.4 is 0 Å². The SMILES string of the molecule is CCc1cc(-c2ccc3c4c(-c5ccccc5)c5c6ccc(-c7ccc8c9c(cccc79)-c7c-8c(CC)c8ccccc8c7CC)c7cccc(c5c(-c5ccccc5)c4c4cccc2c43)c76)c2ccc(C)cc2c1. The van der Waals surface area contributed by atoms with Crippen LogP contribution in [-0.4, -0.2) is 0 Å². The third-order valence-electron chi connectivity index (χ3n) is 17.7. The molecule has 352 valence electrons. The zero-order valence-electron chi connectivity index (χ0n) is 42.8. The molecule has 0 aromatic heterocycles. The van der Waals surface area contributed by atoms with Crippen LogP contribution >= 0.6 is 0 Å². The number of aryl methyl sites for hydroxylation is 4. The number of rotatable bonds is 7. The Kier molecular flexibility index (Phi) is 9.00. The van der Waals surface area contributed by atoms with E-state index in [4.69, 9.17) is 0 Å². The van der Waals surface area contributed by atoms with E-state index in [1.54, 1.807) is 0 Å². The molecular formula is C75H52. The fourth-order valence-electron chi connectivity index (χ4n) is 14.7. The molecule has 16 rings (SSSR count). The number of hydrogen-bond donors (Lipinski definition) is 0. The third kappa shape index (κ3) is 5.67. The van der Waals surface area contributed by atoms with Crippen molar-refractivity contribution in [2.24, 2.45) is 0 Å². The molecule has 0 unspecified atom stereocenters. The molecule has 0 spiro atoms. The lowest BCUT2D eigenvalue weighted by molar-refractivity contribution is 1.14. The summed E-state index contributed by atoms with van der Waals surface area (Å²) >= 11 is 0. The van der Waals surface area contributed by atoms with E-state index in [0.717, 1.165) is 19.3 Å². The van der Waals surface area contributed by atoms with E-state index in [9.17, 15) is 0 Å². The molecule has 0 radical (unpaired) electrons. The van der Waals surface area contributed by atoms with Gasteiger partial charge in [-0.3, -0.25) is 0 Å². The predicted octanol–water partition coefficient (Wildman–Crippen LogP) is 21.3. The van der Waals surface area contributed by atoms with E-state index in [-0.39, 0.29) is 0 Å². The lowest BCUT2D eigenvalue weighted by Crippen LogP contribution is -1.96. The molecule has 0 heterocycles. The Bertz CT molecular complexity index is 4760. The van der Waals surface area contributed by atoms with E-state index in [1.165, 1.54) is 186 Å². The first-order valence-electron chi connectivity index (χ1n) is 27.2. The molecular weight excluding hydrogens is 901 g/mol. The minimum Gasteiger partial charge on any atom is -0.0622 e. The van der Waals surface area contributed by atoms with Crippen LogP contribution in [0.3, 0.4) is 0 Å². The molecule has 0 nitrogen and oxygen atoms in total. The Morgan fingerprint density at radius 1 is 0.253 bits per heavy atom. The van der Waals surface area contributed by atoms with Gasteiger partial charge in [0, 0.05) is 0 Å². The van der Waals surface area contributed by atoms with Crippen molar-refractivity contribution in [2.75, 3.05) is 0 Å². The third-order valence-corrected chi connectivity index (χ3v) is 17.7. The molecule has 0 saturated carbocycles. The topological polar surface area (TPSA) is 0 Å². The molecule has 75 heavy (non-hydrogen) atoms. The summed E-state index contributed by atoms with van der Waals surface area (Å²) in [6, 6.07) is 79.5. The van der Waals surface area contributed by atoms with Gasteiger partial charge in [0.25, 0.3) is 0 Å². The van der Waals surface area contributed by atoms with Gasteiger partial charge in [-0.25, -0.2) is 0 Å². The van der Waals surface area contributed by atoms with Gasteiger partial charge in [0.2, 0.25) is 0 Å². The van der Waals surface area contributed by atoms with E-state index in [0.29, 0.717) is 0 Å². The molecule has 0 amide bonds. The molecule has 1 aliphatic carbocycles. The minimum absolute atomic E-state index is 0.988. The lowest BCUT2D eigenvalue weighted by atomic mass is 9.86. The first kappa shape index (κ1) is 42.6. The molecule has 0 N–H and O–H groups in total. The van der Waals surface area contributed by atoms with Gasteiger partial charge in [-0.15, -0.1) is 0 Å². The van der Waals surface area contributed by atoms with Gasteiger partial charge in [-0.05, 0) is 207 Å². The molecule has 0 heteroatoms. The highest BCUT2D eigenvalue weighted by atomic mass is 14.3. The van der Waals surface area contributed by atoms with Gasteiger partial charge in [-0.2, -0.15) is 0 Å². The summed E-state index contributed by atoms with van der Waals surface area (Å²) < 4.78 is 0. The van der Waals surface area contributed by atoms with Crippen molar-refractivity contribution >= 4 is 97.0 Å². The number of hydrogen-bond acceptors (Lipinski definition) is 0. The summed E-state index contributed by atoms with van der Waals surface area (Å²) in [6.45, 7) is 9.14. The van der Waals surface area contributed by atoms with Gasteiger partial charge in [-0.1, -0.05) is 233 Å². The molecule has 0 saturated heterocycles. The van der Waals surface area contributed by atoms with Crippen molar-refractivity contribution in [3.05, 3.63) is 229 Å². The second kappa shape index (κ2) is 15.8. The molecule has 1 aliphatic rings. The zero-order valence-corrected chi connectivity index (χ0v) is 42.8. The molecule has 0 aliphatic heterocycles. The maximum atomic E-state index is 2.48. The second-order valence-corrected chi connectivity index (χ2v) is 21.3. The first-order valence-corrected chi connectivity index (χ1v) is 27.2. The summed E-state index contributed by atoms with van der Waals surface area (Å²) in [5.74, 6) is 0. The van der Waals surface area contributed by atoms with E-state index in [1.807, 2.05) is 0 Å². The van der Waals surface area contributed by atoms with Crippen molar-refractivity contribution < 1.29 is 0 Å². The quantitative estimate of drug-likeness (QED) is 0.149. The summed E-state index contributed by atoms with van der Waals surface area (Å²) in [7, 11) is 0. The van der Waals surface area contributed by atoms with Crippen molar-refractivity contribution in [1.82, 2.24) is 0 Å². The Hall–Kier alpha value is -8.84. The summed E-state index contributed by atoms with van der Waals surface area (Å²) in [6.07, 6.45) is 2.97. The molecule has 0 bridgehead atoms. The van der Waals surface area contributed by atoms with Crippen LogP contribution in [0.1, 0.15) is 43.0 Å².